The molecule has 9 heteroatoms. The number of nitrogens with one attached hydrogen (secondary N) is 1. The van der Waals surface area contributed by atoms with Crippen LogP contribution in [0.1, 0.15) is 30.9 Å². The minimum atomic E-state index is -0.437. The lowest BCUT2D eigenvalue weighted by molar-refractivity contribution is -0.112. The molecule has 33 heavy (non-hydrogen) atoms. The van der Waals surface area contributed by atoms with Crippen molar-refractivity contribution in [1.82, 2.24) is 4.98 Å². The van der Waals surface area contributed by atoms with E-state index in [1.54, 1.807) is 56.6 Å². The minimum absolute atomic E-state index is 0.168. The van der Waals surface area contributed by atoms with Crippen LogP contribution in [0.2, 0.25) is 0 Å². The summed E-state index contributed by atoms with van der Waals surface area (Å²) in [5, 5.41) is 3.87. The van der Waals surface area contributed by atoms with Crippen molar-refractivity contribution >= 4 is 39.7 Å². The first-order chi connectivity index (χ1) is 16.0. The lowest BCUT2D eigenvalue weighted by Gasteiger charge is -2.14. The molecule has 3 N–H and O–H groups in total. The summed E-state index contributed by atoms with van der Waals surface area (Å²) in [6.45, 7) is 6.10. The Hall–Kier alpha value is -2.75. The van der Waals surface area contributed by atoms with Gasteiger partial charge >= 0.3 is 0 Å². The van der Waals surface area contributed by atoms with Crippen molar-refractivity contribution in [3.05, 3.63) is 70.8 Å². The van der Waals surface area contributed by atoms with Crippen LogP contribution >= 0.6 is 23.1 Å². The number of thiophene rings is 1. The second kappa shape index (κ2) is 13.1. The first kappa shape index (κ1) is 26.5. The summed E-state index contributed by atoms with van der Waals surface area (Å²) in [6, 6.07) is 5.81. The molecular formula is C24H31N3O4S2. The Labute approximate surface area is 203 Å². The molecule has 0 radical (unpaired) electrons. The van der Waals surface area contributed by atoms with Gasteiger partial charge in [-0.15, -0.1) is 23.1 Å². The summed E-state index contributed by atoms with van der Waals surface area (Å²) in [5.41, 5.74) is 7.04. The number of amides is 1. The molecule has 1 aliphatic rings. The maximum absolute atomic E-state index is 13.0. The molecule has 0 saturated heterocycles. The summed E-state index contributed by atoms with van der Waals surface area (Å²) < 4.78 is 16.2. The fourth-order valence-corrected chi connectivity index (χ4v) is 4.98. The van der Waals surface area contributed by atoms with Crippen molar-refractivity contribution in [2.24, 2.45) is 0 Å². The van der Waals surface area contributed by atoms with Crippen molar-refractivity contribution in [2.75, 3.05) is 32.4 Å². The zero-order valence-corrected chi connectivity index (χ0v) is 21.4. The second-order valence-electron chi connectivity index (χ2n) is 6.57. The van der Waals surface area contributed by atoms with Crippen molar-refractivity contribution in [3.63, 3.8) is 0 Å². The first-order valence-electron chi connectivity index (χ1n) is 10.5. The predicted octanol–water partition coefficient (Wildman–Crippen LogP) is 5.56. The molecule has 2 unspecified atom stereocenters. The van der Waals surface area contributed by atoms with E-state index in [1.807, 2.05) is 32.0 Å². The van der Waals surface area contributed by atoms with E-state index >= 15 is 0 Å². The number of carbonyl (C=O) groups is 1. The standard InChI is InChI=1S/C22H25N3O4S2.C2H6/c1-13(30-20-9-10-24-12-15(20)23)19-7-8-21(31-19)25-22(26)14-5-6-16(27-2)18(29-4)11-17(14)28-3;1-2/h5-13,18H,23H2,1-4H3,(H,25,26);1-2H3. The number of carbonyl (C=O) groups excluding carboxylic acids is 1. The van der Waals surface area contributed by atoms with Crippen LogP contribution in [0.15, 0.2) is 70.8 Å². The highest BCUT2D eigenvalue weighted by Gasteiger charge is 2.23. The van der Waals surface area contributed by atoms with Gasteiger partial charge in [0.1, 0.15) is 17.6 Å². The van der Waals surface area contributed by atoms with E-state index in [-0.39, 0.29) is 11.2 Å². The first-order valence-corrected chi connectivity index (χ1v) is 12.2. The number of nitrogen functional groups attached to an aromatic ring is 1. The Morgan fingerprint density at radius 3 is 2.58 bits per heavy atom. The molecule has 2 aromatic heterocycles. The van der Waals surface area contributed by atoms with E-state index in [0.717, 1.165) is 14.8 Å². The zero-order valence-electron chi connectivity index (χ0n) is 19.7. The Kier molecular flexibility index (Phi) is 10.5. The van der Waals surface area contributed by atoms with Crippen molar-refractivity contribution in [2.45, 2.75) is 37.0 Å². The maximum atomic E-state index is 13.0. The Bertz CT molecular complexity index is 1030. The highest BCUT2D eigenvalue weighted by Crippen LogP contribution is 2.41. The third-order valence-electron chi connectivity index (χ3n) is 4.60. The Balaban J connectivity index is 0.00000187. The third kappa shape index (κ3) is 6.86. The number of aromatic nitrogens is 1. The number of hydrogen-bond donors (Lipinski definition) is 2. The molecule has 1 amide bonds. The fourth-order valence-electron chi connectivity index (χ4n) is 2.95. The molecule has 1 aliphatic carbocycles. The summed E-state index contributed by atoms with van der Waals surface area (Å²) in [6.07, 6.45) is 8.03. The molecule has 7 nitrogen and oxygen atoms in total. The summed E-state index contributed by atoms with van der Waals surface area (Å²) in [7, 11) is 4.64. The van der Waals surface area contributed by atoms with Gasteiger partial charge in [-0.25, -0.2) is 0 Å². The quantitative estimate of drug-likeness (QED) is 0.469. The summed E-state index contributed by atoms with van der Waals surface area (Å²) >= 11 is 3.17. The van der Waals surface area contributed by atoms with Gasteiger partial charge in [-0.1, -0.05) is 13.8 Å². The van der Waals surface area contributed by atoms with E-state index in [1.165, 1.54) is 18.4 Å². The van der Waals surface area contributed by atoms with Crippen molar-refractivity contribution in [3.8, 4) is 0 Å². The smallest absolute Gasteiger partial charge is 0.260 e. The van der Waals surface area contributed by atoms with Crippen LogP contribution in [0.25, 0.3) is 0 Å². The minimum Gasteiger partial charge on any atom is -0.498 e. The topological polar surface area (TPSA) is 95.7 Å². The molecule has 0 bridgehead atoms. The van der Waals surface area contributed by atoms with Gasteiger partial charge < -0.3 is 25.3 Å². The average molecular weight is 490 g/mol. The van der Waals surface area contributed by atoms with Crippen LogP contribution in [-0.4, -0.2) is 38.3 Å². The van der Waals surface area contributed by atoms with E-state index < -0.39 is 6.10 Å². The van der Waals surface area contributed by atoms with Gasteiger partial charge in [0.2, 0.25) is 0 Å². The molecule has 2 heterocycles. The molecular weight excluding hydrogens is 458 g/mol. The molecule has 3 rings (SSSR count). The van der Waals surface area contributed by atoms with Gasteiger partial charge in [0, 0.05) is 28.3 Å². The molecule has 0 fully saturated rings. The number of thioether (sulfide) groups is 1. The number of allylic oxidation sites excluding steroid dienone is 2. The van der Waals surface area contributed by atoms with Crippen LogP contribution in [-0.2, 0) is 19.0 Å². The number of methoxy groups -OCH3 is 3. The van der Waals surface area contributed by atoms with Crippen molar-refractivity contribution < 1.29 is 19.0 Å². The highest BCUT2D eigenvalue weighted by molar-refractivity contribution is 7.99. The van der Waals surface area contributed by atoms with Crippen LogP contribution in [0.5, 0.6) is 0 Å². The van der Waals surface area contributed by atoms with Crippen LogP contribution in [0.4, 0.5) is 10.7 Å². The van der Waals surface area contributed by atoms with Gasteiger partial charge in [-0.05, 0) is 43.4 Å². The van der Waals surface area contributed by atoms with E-state index in [9.17, 15) is 4.79 Å². The largest absolute Gasteiger partial charge is 0.498 e. The normalized spacial score (nSPS) is 16.2. The summed E-state index contributed by atoms with van der Waals surface area (Å²) in [4.78, 5) is 19.1. The van der Waals surface area contributed by atoms with E-state index in [4.69, 9.17) is 19.9 Å². The maximum Gasteiger partial charge on any atom is 0.260 e. The van der Waals surface area contributed by atoms with Crippen LogP contribution in [0, 0.1) is 0 Å². The molecule has 178 valence electrons. The number of nitrogens with two attached hydrogens (primary N) is 1. The number of rotatable bonds is 8. The van der Waals surface area contributed by atoms with E-state index in [0.29, 0.717) is 22.8 Å². The van der Waals surface area contributed by atoms with Crippen molar-refractivity contribution in [1.29, 1.82) is 0 Å². The van der Waals surface area contributed by atoms with Gasteiger partial charge in [0.25, 0.3) is 5.91 Å². The fraction of sp³-hybridized carbons (Fsp3) is 0.333. The lowest BCUT2D eigenvalue weighted by Crippen LogP contribution is -2.17. The number of ether oxygens (including phenoxy) is 3. The number of hydrogen-bond acceptors (Lipinski definition) is 8. The average Bonchev–Trinajstić information content (AvgIpc) is 3.21. The third-order valence-corrected chi connectivity index (χ3v) is 7.16. The SMILES string of the molecule is CC.COC1=CC(OC)C(OC)=CC=C1C(=O)Nc1ccc(C(C)Sc2ccncc2N)s1. The zero-order chi connectivity index (χ0) is 24.4. The van der Waals surface area contributed by atoms with E-state index in [2.05, 4.69) is 17.2 Å². The monoisotopic (exact) mass is 489 g/mol. The summed E-state index contributed by atoms with van der Waals surface area (Å²) in [5.74, 6) is 0.727. The molecule has 0 spiro atoms. The Morgan fingerprint density at radius 2 is 1.94 bits per heavy atom. The molecule has 0 saturated carbocycles. The molecule has 2 aromatic rings. The molecule has 2 atom stereocenters. The number of pyridine rings is 1. The van der Waals surface area contributed by atoms with Gasteiger partial charge in [0.15, 0.2) is 0 Å². The predicted molar refractivity (Wildman–Crippen MR) is 136 cm³/mol. The number of anilines is 2. The molecule has 0 aliphatic heterocycles. The second-order valence-corrected chi connectivity index (χ2v) is 9.07. The van der Waals surface area contributed by atoms with Gasteiger partial charge in [-0.3, -0.25) is 9.78 Å². The van der Waals surface area contributed by atoms with Gasteiger partial charge in [0.05, 0.1) is 36.7 Å². The Morgan fingerprint density at radius 1 is 1.18 bits per heavy atom. The van der Waals surface area contributed by atoms with Crippen LogP contribution < -0.4 is 11.1 Å². The number of nitrogens with zero attached hydrogens (tertiary/aromatic N) is 1. The van der Waals surface area contributed by atoms with Gasteiger partial charge in [-0.2, -0.15) is 0 Å². The van der Waals surface area contributed by atoms with Crippen LogP contribution in [0.3, 0.4) is 0 Å². The molecule has 0 aromatic carbocycles. The highest BCUT2D eigenvalue weighted by atomic mass is 32.2. The lowest BCUT2D eigenvalue weighted by atomic mass is 10.2.